The highest BCUT2D eigenvalue weighted by atomic mass is 35.5. The standard InChI is InChI=1S/C26H31ClN4O4/c1-26(2,34)8-7-19-13-18(16-31-9-11-35-12-10-31)14-21-22(19)29-30-23(24(21)32)25(33)28-15-17-3-5-20(27)6-4-17/h3-6,13-14,34H,7-12,15-16H2,1-2H3,(H,28,33)(H,29,32). The van der Waals surface area contributed by atoms with Crippen molar-refractivity contribution < 1.29 is 14.6 Å². The van der Waals surface area contributed by atoms with Crippen LogP contribution >= 0.6 is 11.6 Å². The summed E-state index contributed by atoms with van der Waals surface area (Å²) in [7, 11) is 0. The maximum atomic E-state index is 13.4. The number of benzene rings is 2. The lowest BCUT2D eigenvalue weighted by Crippen LogP contribution is -2.35. The van der Waals surface area contributed by atoms with Crippen LogP contribution in [0.5, 0.6) is 0 Å². The first-order valence-electron chi connectivity index (χ1n) is 11.8. The SMILES string of the molecule is CC(C)(O)CCc1cc(CN2CCOCC2)cc2c(=O)c(C(=O)NCc3ccc(Cl)cc3)n[nH]c12. The lowest BCUT2D eigenvalue weighted by Gasteiger charge is -2.27. The number of halogens is 1. The minimum atomic E-state index is -0.845. The van der Waals surface area contributed by atoms with Crippen molar-refractivity contribution in [2.75, 3.05) is 26.3 Å². The van der Waals surface area contributed by atoms with Crippen LogP contribution in [0.25, 0.3) is 10.9 Å². The van der Waals surface area contributed by atoms with Crippen LogP contribution in [0.3, 0.4) is 0 Å². The lowest BCUT2D eigenvalue weighted by molar-refractivity contribution is 0.0342. The number of carbonyl (C=O) groups excluding carboxylic acids is 1. The predicted octanol–water partition coefficient (Wildman–Crippen LogP) is 3.04. The molecule has 3 aromatic rings. The first-order valence-corrected chi connectivity index (χ1v) is 12.2. The van der Waals surface area contributed by atoms with Gasteiger partial charge in [0.15, 0.2) is 5.69 Å². The number of amides is 1. The van der Waals surface area contributed by atoms with E-state index < -0.39 is 16.9 Å². The number of hydrogen-bond donors (Lipinski definition) is 3. The van der Waals surface area contributed by atoms with Crippen molar-refractivity contribution in [2.45, 2.75) is 45.4 Å². The number of morpholine rings is 1. The average Bonchev–Trinajstić information content (AvgIpc) is 2.83. The molecule has 0 aliphatic carbocycles. The van der Waals surface area contributed by atoms with E-state index in [1.54, 1.807) is 26.0 Å². The number of rotatable bonds is 8. The fourth-order valence-electron chi connectivity index (χ4n) is 4.14. The summed E-state index contributed by atoms with van der Waals surface area (Å²) in [5.74, 6) is -0.542. The van der Waals surface area contributed by atoms with Crippen LogP contribution < -0.4 is 10.7 Å². The molecule has 35 heavy (non-hydrogen) atoms. The number of nitrogens with zero attached hydrogens (tertiary/aromatic N) is 2. The molecule has 3 N–H and O–H groups in total. The number of hydrogen-bond acceptors (Lipinski definition) is 6. The van der Waals surface area contributed by atoms with Crippen LogP contribution in [0.4, 0.5) is 0 Å². The molecule has 0 radical (unpaired) electrons. The predicted molar refractivity (Wildman–Crippen MR) is 136 cm³/mol. The Hall–Kier alpha value is -2.78. The monoisotopic (exact) mass is 498 g/mol. The van der Waals surface area contributed by atoms with Gasteiger partial charge in [0.1, 0.15) is 0 Å². The molecule has 186 valence electrons. The number of fused-ring (bicyclic) bond motifs is 1. The van der Waals surface area contributed by atoms with Gasteiger partial charge in [0, 0.05) is 31.2 Å². The Morgan fingerprint density at radius 3 is 2.60 bits per heavy atom. The molecule has 8 nitrogen and oxygen atoms in total. The molecule has 1 amide bonds. The number of nitrogens with one attached hydrogen (secondary N) is 2. The van der Waals surface area contributed by atoms with Crippen molar-refractivity contribution in [1.29, 1.82) is 0 Å². The second-order valence-electron chi connectivity index (χ2n) is 9.59. The third-order valence-corrected chi connectivity index (χ3v) is 6.37. The topological polar surface area (TPSA) is 108 Å². The van der Waals surface area contributed by atoms with Gasteiger partial charge in [-0.3, -0.25) is 19.6 Å². The smallest absolute Gasteiger partial charge is 0.276 e. The summed E-state index contributed by atoms with van der Waals surface area (Å²) in [6.07, 6.45) is 1.09. The molecule has 4 rings (SSSR count). The number of carbonyl (C=O) groups is 1. The Kier molecular flexibility index (Phi) is 7.86. The van der Waals surface area contributed by atoms with Crippen molar-refractivity contribution in [1.82, 2.24) is 20.4 Å². The molecule has 1 aromatic heterocycles. The lowest BCUT2D eigenvalue weighted by atomic mass is 9.95. The molecular weight excluding hydrogens is 468 g/mol. The second-order valence-corrected chi connectivity index (χ2v) is 10.0. The summed E-state index contributed by atoms with van der Waals surface area (Å²) < 4.78 is 5.45. The fourth-order valence-corrected chi connectivity index (χ4v) is 4.26. The molecule has 1 aliphatic heterocycles. The highest BCUT2D eigenvalue weighted by molar-refractivity contribution is 6.30. The number of aryl methyl sites for hydroxylation is 1. The van der Waals surface area contributed by atoms with Crippen LogP contribution in [-0.2, 0) is 24.2 Å². The van der Waals surface area contributed by atoms with Gasteiger partial charge in [0.25, 0.3) is 5.91 Å². The molecule has 1 aliphatic rings. The number of aromatic nitrogens is 2. The van der Waals surface area contributed by atoms with E-state index in [0.29, 0.717) is 48.5 Å². The third-order valence-electron chi connectivity index (χ3n) is 6.12. The molecule has 2 aromatic carbocycles. The van der Waals surface area contributed by atoms with Crippen LogP contribution in [0.1, 0.15) is 47.4 Å². The molecule has 1 fully saturated rings. The zero-order chi connectivity index (χ0) is 25.0. The van der Waals surface area contributed by atoms with Gasteiger partial charge in [-0.05, 0) is 61.6 Å². The third kappa shape index (κ3) is 6.67. The van der Waals surface area contributed by atoms with Crippen molar-refractivity contribution >= 4 is 28.4 Å². The summed E-state index contributed by atoms with van der Waals surface area (Å²) in [5, 5.41) is 21.1. The van der Waals surface area contributed by atoms with Crippen LogP contribution in [0.15, 0.2) is 41.2 Å². The Balaban J connectivity index is 1.64. The summed E-state index contributed by atoms with van der Waals surface area (Å²) in [6, 6.07) is 11.0. The van der Waals surface area contributed by atoms with Crippen LogP contribution in [-0.4, -0.2) is 58.0 Å². The summed E-state index contributed by atoms with van der Waals surface area (Å²) >= 11 is 5.91. The van der Waals surface area contributed by atoms with E-state index >= 15 is 0 Å². The Labute approximate surface area is 209 Å². The molecule has 1 saturated heterocycles. The zero-order valence-electron chi connectivity index (χ0n) is 20.1. The highest BCUT2D eigenvalue weighted by Crippen LogP contribution is 2.22. The Morgan fingerprint density at radius 2 is 1.91 bits per heavy atom. The van der Waals surface area contributed by atoms with Crippen molar-refractivity contribution in [3.63, 3.8) is 0 Å². The van der Waals surface area contributed by atoms with E-state index in [4.69, 9.17) is 16.3 Å². The molecule has 0 spiro atoms. The van der Waals surface area contributed by atoms with Gasteiger partial charge in [-0.15, -0.1) is 0 Å². The summed E-state index contributed by atoms with van der Waals surface area (Å²) in [6.45, 7) is 7.46. The van der Waals surface area contributed by atoms with Crippen molar-refractivity contribution in [3.05, 3.63) is 74.0 Å². The van der Waals surface area contributed by atoms with E-state index in [-0.39, 0.29) is 12.2 Å². The van der Waals surface area contributed by atoms with Crippen LogP contribution in [0, 0.1) is 0 Å². The second kappa shape index (κ2) is 10.9. The van der Waals surface area contributed by atoms with E-state index in [1.165, 1.54) is 0 Å². The summed E-state index contributed by atoms with van der Waals surface area (Å²) in [5.41, 5.74) is 1.90. The van der Waals surface area contributed by atoms with Gasteiger partial charge in [0.2, 0.25) is 5.43 Å². The van der Waals surface area contributed by atoms with Gasteiger partial charge in [-0.25, -0.2) is 0 Å². The van der Waals surface area contributed by atoms with Gasteiger partial charge in [-0.1, -0.05) is 29.8 Å². The van der Waals surface area contributed by atoms with Gasteiger partial charge < -0.3 is 15.2 Å². The number of aromatic amines is 1. The van der Waals surface area contributed by atoms with Crippen LogP contribution in [0.2, 0.25) is 5.02 Å². The fraction of sp³-hybridized carbons (Fsp3) is 0.423. The van der Waals surface area contributed by atoms with E-state index in [1.807, 2.05) is 18.2 Å². The van der Waals surface area contributed by atoms with E-state index in [0.717, 1.165) is 29.8 Å². The molecule has 0 saturated carbocycles. The Morgan fingerprint density at radius 1 is 1.20 bits per heavy atom. The number of ether oxygens (including phenoxy) is 1. The maximum absolute atomic E-state index is 13.4. The largest absolute Gasteiger partial charge is 0.390 e. The normalized spacial score (nSPS) is 14.9. The Bertz CT molecular complexity index is 1250. The van der Waals surface area contributed by atoms with Crippen molar-refractivity contribution in [3.8, 4) is 0 Å². The number of H-pyrrole nitrogens is 1. The highest BCUT2D eigenvalue weighted by Gasteiger charge is 2.20. The minimum Gasteiger partial charge on any atom is -0.390 e. The van der Waals surface area contributed by atoms with E-state index in [9.17, 15) is 14.7 Å². The minimum absolute atomic E-state index is 0.177. The molecule has 0 atom stereocenters. The number of aliphatic hydroxyl groups is 1. The molecule has 0 unspecified atom stereocenters. The molecular formula is C26H31ClN4O4. The maximum Gasteiger partial charge on any atom is 0.276 e. The van der Waals surface area contributed by atoms with Gasteiger partial charge in [-0.2, -0.15) is 5.10 Å². The van der Waals surface area contributed by atoms with Crippen molar-refractivity contribution in [2.24, 2.45) is 0 Å². The molecule has 2 heterocycles. The summed E-state index contributed by atoms with van der Waals surface area (Å²) in [4.78, 5) is 28.5. The molecule has 9 heteroatoms. The first-order chi connectivity index (χ1) is 16.7. The molecule has 0 bridgehead atoms. The first kappa shape index (κ1) is 25.3. The van der Waals surface area contributed by atoms with E-state index in [2.05, 4.69) is 26.5 Å². The van der Waals surface area contributed by atoms with Gasteiger partial charge in [0.05, 0.1) is 29.7 Å². The quantitative estimate of drug-likeness (QED) is 0.440. The average molecular weight is 499 g/mol. The van der Waals surface area contributed by atoms with Gasteiger partial charge >= 0.3 is 0 Å². The zero-order valence-corrected chi connectivity index (χ0v) is 20.8.